The summed E-state index contributed by atoms with van der Waals surface area (Å²) in [6, 6.07) is 13.0. The van der Waals surface area contributed by atoms with Crippen LogP contribution >= 0.6 is 11.8 Å². The number of ketones is 1. The lowest BCUT2D eigenvalue weighted by atomic mass is 10.1. The predicted molar refractivity (Wildman–Crippen MR) is 91.3 cm³/mol. The molecule has 0 amide bonds. The summed E-state index contributed by atoms with van der Waals surface area (Å²) in [5, 5.41) is 8.05. The zero-order valence-corrected chi connectivity index (χ0v) is 14.3. The van der Waals surface area contributed by atoms with Gasteiger partial charge in [-0.1, -0.05) is 29.5 Å². The maximum Gasteiger partial charge on any atom is 0.277 e. The molecule has 0 spiro atoms. The van der Waals surface area contributed by atoms with Crippen LogP contribution in [0, 0.1) is 12.7 Å². The summed E-state index contributed by atoms with van der Waals surface area (Å²) < 4.78 is 23.9. The van der Waals surface area contributed by atoms with Gasteiger partial charge >= 0.3 is 0 Å². The van der Waals surface area contributed by atoms with Gasteiger partial charge in [0.25, 0.3) is 11.1 Å². The van der Waals surface area contributed by atoms with Crippen LogP contribution in [0.1, 0.15) is 21.8 Å². The van der Waals surface area contributed by atoms with Gasteiger partial charge < -0.3 is 9.15 Å². The Morgan fingerprint density at radius 1 is 1.12 bits per heavy atom. The number of hydrogen-bond donors (Lipinski definition) is 0. The van der Waals surface area contributed by atoms with Crippen molar-refractivity contribution >= 4 is 17.5 Å². The highest BCUT2D eigenvalue weighted by molar-refractivity contribution is 7.99. The highest BCUT2D eigenvalue weighted by Crippen LogP contribution is 2.19. The minimum Gasteiger partial charge on any atom is -0.484 e. The van der Waals surface area contributed by atoms with Gasteiger partial charge in [-0.25, -0.2) is 4.39 Å². The van der Waals surface area contributed by atoms with Crippen molar-refractivity contribution < 1.29 is 18.3 Å². The predicted octanol–water partition coefficient (Wildman–Crippen LogP) is 4.07. The standard InChI is InChI=1S/C18H15FN2O3S/c1-12-2-8-15(9-3-12)23-10-17-20-21-18(24-17)25-11-16(22)13-4-6-14(19)7-5-13/h2-9H,10-11H2,1H3. The molecule has 25 heavy (non-hydrogen) atoms. The number of carbonyl (C=O) groups is 1. The van der Waals surface area contributed by atoms with E-state index < -0.39 is 0 Å². The molecule has 0 fully saturated rings. The van der Waals surface area contributed by atoms with Gasteiger partial charge in [-0.05, 0) is 43.3 Å². The van der Waals surface area contributed by atoms with Crippen LogP contribution in [0.2, 0.25) is 0 Å². The van der Waals surface area contributed by atoms with Crippen molar-refractivity contribution in [2.75, 3.05) is 5.75 Å². The van der Waals surface area contributed by atoms with Gasteiger partial charge in [0.1, 0.15) is 11.6 Å². The van der Waals surface area contributed by atoms with Gasteiger partial charge in [0.05, 0.1) is 5.75 Å². The summed E-state index contributed by atoms with van der Waals surface area (Å²) in [5.41, 5.74) is 1.59. The van der Waals surface area contributed by atoms with Crippen LogP contribution in [0.5, 0.6) is 5.75 Å². The molecule has 0 aliphatic rings. The van der Waals surface area contributed by atoms with Crippen molar-refractivity contribution in [3.63, 3.8) is 0 Å². The number of hydrogen-bond acceptors (Lipinski definition) is 6. The van der Waals surface area contributed by atoms with E-state index in [1.165, 1.54) is 24.3 Å². The summed E-state index contributed by atoms with van der Waals surface area (Å²) in [5.74, 6) is 0.660. The molecule has 0 aliphatic heterocycles. The maximum absolute atomic E-state index is 12.9. The van der Waals surface area contributed by atoms with Crippen LogP contribution < -0.4 is 4.74 Å². The SMILES string of the molecule is Cc1ccc(OCc2nnc(SCC(=O)c3ccc(F)cc3)o2)cc1. The van der Waals surface area contributed by atoms with E-state index >= 15 is 0 Å². The van der Waals surface area contributed by atoms with Gasteiger partial charge in [-0.2, -0.15) is 0 Å². The molecule has 7 heteroatoms. The Bertz CT molecular complexity index is 848. The number of aromatic nitrogens is 2. The van der Waals surface area contributed by atoms with E-state index in [0.29, 0.717) is 17.2 Å². The number of thioether (sulfide) groups is 1. The number of benzene rings is 2. The molecule has 0 unspecified atom stereocenters. The van der Waals surface area contributed by atoms with Crippen molar-refractivity contribution in [2.24, 2.45) is 0 Å². The van der Waals surface area contributed by atoms with Crippen LogP contribution in [-0.2, 0) is 6.61 Å². The number of ether oxygens (including phenoxy) is 1. The highest BCUT2D eigenvalue weighted by atomic mass is 32.2. The average Bonchev–Trinajstić information content (AvgIpc) is 3.08. The first-order valence-electron chi connectivity index (χ1n) is 7.53. The summed E-state index contributed by atoms with van der Waals surface area (Å²) in [6.45, 7) is 2.15. The second kappa shape index (κ2) is 7.94. The molecule has 0 N–H and O–H groups in total. The molecule has 0 saturated heterocycles. The maximum atomic E-state index is 12.9. The Labute approximate surface area is 148 Å². The van der Waals surface area contributed by atoms with Crippen molar-refractivity contribution in [3.05, 3.63) is 71.4 Å². The lowest BCUT2D eigenvalue weighted by molar-refractivity contribution is 0.102. The van der Waals surface area contributed by atoms with Crippen molar-refractivity contribution in [3.8, 4) is 5.75 Å². The summed E-state index contributed by atoms with van der Waals surface area (Å²) in [4.78, 5) is 12.0. The van der Waals surface area contributed by atoms with Crippen molar-refractivity contribution in [2.45, 2.75) is 18.8 Å². The van der Waals surface area contributed by atoms with E-state index in [0.717, 1.165) is 17.3 Å². The van der Waals surface area contributed by atoms with Crippen molar-refractivity contribution in [1.82, 2.24) is 10.2 Å². The molecule has 1 aromatic heterocycles. The van der Waals surface area contributed by atoms with Crippen LogP contribution in [0.15, 0.2) is 58.2 Å². The van der Waals surface area contributed by atoms with Crippen molar-refractivity contribution in [1.29, 1.82) is 0 Å². The topological polar surface area (TPSA) is 65.2 Å². The third-order valence-corrected chi connectivity index (χ3v) is 4.14. The van der Waals surface area contributed by atoms with E-state index in [9.17, 15) is 9.18 Å². The summed E-state index contributed by atoms with van der Waals surface area (Å²) in [6.07, 6.45) is 0. The third kappa shape index (κ3) is 4.90. The largest absolute Gasteiger partial charge is 0.484 e. The van der Waals surface area contributed by atoms with Crippen LogP contribution in [-0.4, -0.2) is 21.7 Å². The first-order valence-corrected chi connectivity index (χ1v) is 8.52. The van der Waals surface area contributed by atoms with Crippen LogP contribution in [0.4, 0.5) is 4.39 Å². The van der Waals surface area contributed by atoms with Gasteiger partial charge in [-0.15, -0.1) is 10.2 Å². The van der Waals surface area contributed by atoms with E-state index in [4.69, 9.17) is 9.15 Å². The number of aryl methyl sites for hydroxylation is 1. The first-order chi connectivity index (χ1) is 12.1. The van der Waals surface area contributed by atoms with Gasteiger partial charge in [-0.3, -0.25) is 4.79 Å². The fraction of sp³-hybridized carbons (Fsp3) is 0.167. The fourth-order valence-electron chi connectivity index (χ4n) is 1.98. The lowest BCUT2D eigenvalue weighted by Gasteiger charge is -2.02. The second-order valence-electron chi connectivity index (χ2n) is 5.28. The molecule has 0 aliphatic carbocycles. The van der Waals surface area contributed by atoms with Gasteiger partial charge in [0, 0.05) is 5.56 Å². The molecular weight excluding hydrogens is 343 g/mol. The smallest absolute Gasteiger partial charge is 0.277 e. The number of rotatable bonds is 7. The highest BCUT2D eigenvalue weighted by Gasteiger charge is 2.12. The molecule has 2 aromatic carbocycles. The van der Waals surface area contributed by atoms with E-state index in [1.807, 2.05) is 31.2 Å². The first kappa shape index (κ1) is 17.2. The lowest BCUT2D eigenvalue weighted by Crippen LogP contribution is -2.02. The second-order valence-corrected chi connectivity index (χ2v) is 6.21. The zero-order valence-electron chi connectivity index (χ0n) is 13.4. The number of nitrogens with zero attached hydrogens (tertiary/aromatic N) is 2. The van der Waals surface area contributed by atoms with E-state index in [2.05, 4.69) is 10.2 Å². The summed E-state index contributed by atoms with van der Waals surface area (Å²) in [7, 11) is 0. The molecule has 3 aromatic rings. The molecule has 1 heterocycles. The van der Waals surface area contributed by atoms with E-state index in [-0.39, 0.29) is 29.2 Å². The molecule has 0 saturated carbocycles. The minimum absolute atomic E-state index is 0.131. The molecule has 0 atom stereocenters. The number of Topliss-reactive ketones (excluding diaryl/α,β-unsaturated/α-hetero) is 1. The van der Waals surface area contributed by atoms with Gasteiger partial charge in [0.2, 0.25) is 0 Å². The minimum atomic E-state index is -0.376. The molecule has 0 bridgehead atoms. The number of carbonyl (C=O) groups excluding carboxylic acids is 1. The van der Waals surface area contributed by atoms with E-state index in [1.54, 1.807) is 0 Å². The van der Waals surface area contributed by atoms with Gasteiger partial charge in [0.15, 0.2) is 12.4 Å². The molecule has 5 nitrogen and oxygen atoms in total. The molecule has 128 valence electrons. The molecule has 3 rings (SSSR count). The molecule has 0 radical (unpaired) electrons. The normalized spacial score (nSPS) is 10.6. The van der Waals surface area contributed by atoms with Crippen LogP contribution in [0.3, 0.4) is 0 Å². The Balaban J connectivity index is 1.50. The fourth-order valence-corrected chi connectivity index (χ4v) is 2.66. The monoisotopic (exact) mass is 358 g/mol. The Morgan fingerprint density at radius 3 is 2.56 bits per heavy atom. The Kier molecular flexibility index (Phi) is 5.45. The quantitative estimate of drug-likeness (QED) is 0.468. The molecular formula is C18H15FN2O3S. The average molecular weight is 358 g/mol. The Hall–Kier alpha value is -2.67. The number of halogens is 1. The Morgan fingerprint density at radius 2 is 1.84 bits per heavy atom. The summed E-state index contributed by atoms with van der Waals surface area (Å²) >= 11 is 1.13. The van der Waals surface area contributed by atoms with Crippen LogP contribution in [0.25, 0.3) is 0 Å². The third-order valence-electron chi connectivity index (χ3n) is 3.32. The zero-order chi connectivity index (χ0) is 17.6.